The molecule has 1 saturated heterocycles. The zero-order valence-electron chi connectivity index (χ0n) is 5.39. The zero-order valence-corrected chi connectivity index (χ0v) is 5.39. The monoisotopic (exact) mass is 128 g/mol. The molecule has 0 aromatic carbocycles. The molecule has 3 nitrogen and oxygen atoms in total. The van der Waals surface area contributed by atoms with Crippen LogP contribution >= 0.6 is 0 Å². The topological polar surface area (TPSA) is 47.3 Å². The van der Waals surface area contributed by atoms with E-state index in [1.807, 2.05) is 0 Å². The standard InChI is InChI=1S/C6H12N2O/c7-8-5-1-6(2-5)3-9-4-6/h5,8H,1-4,7H2. The number of hydrogen-bond acceptors (Lipinski definition) is 3. The summed E-state index contributed by atoms with van der Waals surface area (Å²) in [6, 6.07) is 0.564. The summed E-state index contributed by atoms with van der Waals surface area (Å²) in [5.41, 5.74) is 3.32. The Kier molecular flexibility index (Phi) is 1.06. The molecule has 1 saturated carbocycles. The number of ether oxygens (including phenoxy) is 1. The molecule has 0 radical (unpaired) electrons. The lowest BCUT2D eigenvalue weighted by Crippen LogP contribution is -2.59. The predicted octanol–water partition coefficient (Wildman–Crippen LogP) is -0.371. The molecule has 2 fully saturated rings. The molecular formula is C6H12N2O. The molecule has 0 bridgehead atoms. The van der Waals surface area contributed by atoms with Crippen LogP contribution in [0, 0.1) is 5.41 Å². The molecule has 3 heteroatoms. The maximum absolute atomic E-state index is 5.24. The van der Waals surface area contributed by atoms with Gasteiger partial charge in [-0.05, 0) is 12.8 Å². The summed E-state index contributed by atoms with van der Waals surface area (Å²) in [6.45, 7) is 1.93. The minimum Gasteiger partial charge on any atom is -0.380 e. The number of nitrogens with two attached hydrogens (primary N) is 1. The summed E-state index contributed by atoms with van der Waals surface area (Å²) in [5.74, 6) is 5.24. The third kappa shape index (κ3) is 0.689. The van der Waals surface area contributed by atoms with Gasteiger partial charge >= 0.3 is 0 Å². The van der Waals surface area contributed by atoms with Crippen LogP contribution in [0.5, 0.6) is 0 Å². The fourth-order valence-corrected chi connectivity index (χ4v) is 1.73. The van der Waals surface area contributed by atoms with E-state index in [-0.39, 0.29) is 0 Å². The predicted molar refractivity (Wildman–Crippen MR) is 33.6 cm³/mol. The smallest absolute Gasteiger partial charge is 0.0545 e. The Morgan fingerprint density at radius 3 is 2.44 bits per heavy atom. The second kappa shape index (κ2) is 1.68. The highest BCUT2D eigenvalue weighted by Gasteiger charge is 2.49. The second-order valence-corrected chi connectivity index (χ2v) is 3.26. The fourth-order valence-electron chi connectivity index (χ4n) is 1.73. The number of rotatable bonds is 1. The first-order valence-corrected chi connectivity index (χ1v) is 3.39. The van der Waals surface area contributed by atoms with Gasteiger partial charge in [0.05, 0.1) is 13.2 Å². The van der Waals surface area contributed by atoms with E-state index in [1.165, 1.54) is 12.8 Å². The van der Waals surface area contributed by atoms with Crippen LogP contribution in [0.25, 0.3) is 0 Å². The third-order valence-corrected chi connectivity index (χ3v) is 2.41. The molecule has 0 atom stereocenters. The van der Waals surface area contributed by atoms with Crippen molar-refractivity contribution in [3.05, 3.63) is 0 Å². The Morgan fingerprint density at radius 2 is 2.11 bits per heavy atom. The molecule has 1 aliphatic heterocycles. The van der Waals surface area contributed by atoms with Crippen LogP contribution in [0.3, 0.4) is 0 Å². The number of hydrogen-bond donors (Lipinski definition) is 2. The summed E-state index contributed by atoms with van der Waals surface area (Å²) >= 11 is 0. The molecule has 2 aliphatic rings. The summed E-state index contributed by atoms with van der Waals surface area (Å²) in [6.07, 6.45) is 2.42. The molecule has 0 amide bonds. The van der Waals surface area contributed by atoms with Crippen LogP contribution in [0.1, 0.15) is 12.8 Å². The van der Waals surface area contributed by atoms with Crippen LogP contribution < -0.4 is 11.3 Å². The van der Waals surface area contributed by atoms with Crippen molar-refractivity contribution in [2.75, 3.05) is 13.2 Å². The van der Waals surface area contributed by atoms with Gasteiger partial charge in [0, 0.05) is 11.5 Å². The highest BCUT2D eigenvalue weighted by molar-refractivity contribution is 5.00. The lowest BCUT2D eigenvalue weighted by atomic mass is 9.64. The second-order valence-electron chi connectivity index (χ2n) is 3.26. The van der Waals surface area contributed by atoms with E-state index in [0.717, 1.165) is 13.2 Å². The van der Waals surface area contributed by atoms with Crippen molar-refractivity contribution >= 4 is 0 Å². The van der Waals surface area contributed by atoms with E-state index >= 15 is 0 Å². The van der Waals surface area contributed by atoms with E-state index in [2.05, 4.69) is 5.43 Å². The Labute approximate surface area is 54.5 Å². The van der Waals surface area contributed by atoms with Gasteiger partial charge in [0.2, 0.25) is 0 Å². The van der Waals surface area contributed by atoms with Crippen molar-refractivity contribution in [3.63, 3.8) is 0 Å². The molecule has 1 heterocycles. The van der Waals surface area contributed by atoms with E-state index in [9.17, 15) is 0 Å². The Bertz CT molecular complexity index is 114. The fraction of sp³-hybridized carbons (Fsp3) is 1.00. The van der Waals surface area contributed by atoms with Crippen molar-refractivity contribution in [1.82, 2.24) is 5.43 Å². The molecular weight excluding hydrogens is 116 g/mol. The van der Waals surface area contributed by atoms with E-state index in [4.69, 9.17) is 10.6 Å². The van der Waals surface area contributed by atoms with Crippen LogP contribution in [0.2, 0.25) is 0 Å². The van der Waals surface area contributed by atoms with Crippen LogP contribution in [0.15, 0.2) is 0 Å². The van der Waals surface area contributed by atoms with Gasteiger partial charge in [-0.25, -0.2) is 0 Å². The van der Waals surface area contributed by atoms with E-state index < -0.39 is 0 Å². The molecule has 0 aromatic heterocycles. The lowest BCUT2D eigenvalue weighted by Gasteiger charge is -2.52. The first-order valence-electron chi connectivity index (χ1n) is 3.39. The van der Waals surface area contributed by atoms with Gasteiger partial charge in [0.1, 0.15) is 0 Å². The molecule has 0 unspecified atom stereocenters. The molecule has 1 spiro atoms. The van der Waals surface area contributed by atoms with E-state index in [0.29, 0.717) is 11.5 Å². The maximum Gasteiger partial charge on any atom is 0.0545 e. The van der Waals surface area contributed by atoms with Gasteiger partial charge in [-0.3, -0.25) is 11.3 Å². The highest BCUT2D eigenvalue weighted by Crippen LogP contribution is 2.46. The third-order valence-electron chi connectivity index (χ3n) is 2.41. The van der Waals surface area contributed by atoms with Gasteiger partial charge < -0.3 is 4.74 Å². The minimum absolute atomic E-state index is 0.553. The van der Waals surface area contributed by atoms with E-state index in [1.54, 1.807) is 0 Å². The average Bonchev–Trinajstić information content (AvgIpc) is 1.59. The molecule has 2 rings (SSSR count). The molecule has 52 valence electrons. The number of nitrogens with one attached hydrogen (secondary N) is 1. The van der Waals surface area contributed by atoms with Gasteiger partial charge in [0.25, 0.3) is 0 Å². The zero-order chi connectivity index (χ0) is 6.32. The summed E-state index contributed by atoms with van der Waals surface area (Å²) < 4.78 is 5.10. The summed E-state index contributed by atoms with van der Waals surface area (Å²) in [7, 11) is 0. The Morgan fingerprint density at radius 1 is 1.44 bits per heavy atom. The lowest BCUT2D eigenvalue weighted by molar-refractivity contribution is -0.167. The summed E-state index contributed by atoms with van der Waals surface area (Å²) in [4.78, 5) is 0. The molecule has 3 N–H and O–H groups in total. The number of hydrazine groups is 1. The Hall–Kier alpha value is -0.120. The SMILES string of the molecule is NNC1CC2(COC2)C1. The first kappa shape index (κ1) is 5.65. The maximum atomic E-state index is 5.24. The van der Waals surface area contributed by atoms with Crippen molar-refractivity contribution in [2.24, 2.45) is 11.3 Å². The Balaban J connectivity index is 1.82. The van der Waals surface area contributed by atoms with Gasteiger partial charge in [-0.15, -0.1) is 0 Å². The van der Waals surface area contributed by atoms with Crippen molar-refractivity contribution in [2.45, 2.75) is 18.9 Å². The molecule has 1 aliphatic carbocycles. The minimum atomic E-state index is 0.553. The van der Waals surface area contributed by atoms with Crippen molar-refractivity contribution < 1.29 is 4.74 Å². The van der Waals surface area contributed by atoms with Crippen LogP contribution in [-0.4, -0.2) is 19.3 Å². The normalized spacial score (nSPS) is 31.7. The van der Waals surface area contributed by atoms with Crippen LogP contribution in [-0.2, 0) is 4.74 Å². The first-order chi connectivity index (χ1) is 4.35. The quantitative estimate of drug-likeness (QED) is 0.374. The molecule has 9 heavy (non-hydrogen) atoms. The molecule has 0 aromatic rings. The van der Waals surface area contributed by atoms with Crippen molar-refractivity contribution in [3.8, 4) is 0 Å². The largest absolute Gasteiger partial charge is 0.380 e. The van der Waals surface area contributed by atoms with Gasteiger partial charge in [-0.1, -0.05) is 0 Å². The highest BCUT2D eigenvalue weighted by atomic mass is 16.5. The summed E-state index contributed by atoms with van der Waals surface area (Å²) in [5, 5.41) is 0. The van der Waals surface area contributed by atoms with Crippen LogP contribution in [0.4, 0.5) is 0 Å². The van der Waals surface area contributed by atoms with Crippen molar-refractivity contribution in [1.29, 1.82) is 0 Å². The van der Waals surface area contributed by atoms with Gasteiger partial charge in [0.15, 0.2) is 0 Å². The average molecular weight is 128 g/mol. The van der Waals surface area contributed by atoms with Gasteiger partial charge in [-0.2, -0.15) is 0 Å².